The molecule has 33 heavy (non-hydrogen) atoms. The number of carbonyl (C=O) groups excluding carboxylic acids is 1. The van der Waals surface area contributed by atoms with Crippen LogP contribution in [0.25, 0.3) is 32.9 Å². The third-order valence-corrected chi connectivity index (χ3v) is 7.21. The van der Waals surface area contributed by atoms with Crippen molar-refractivity contribution >= 4 is 33.3 Å². The number of likely N-dealkylation sites (N-methyl/N-ethyl adjacent to an activating group) is 1. The number of nitrogens with zero attached hydrogens (tertiary/aromatic N) is 3. The Morgan fingerprint density at radius 3 is 2.70 bits per heavy atom. The van der Waals surface area contributed by atoms with Crippen molar-refractivity contribution in [3.8, 4) is 11.1 Å². The van der Waals surface area contributed by atoms with Gasteiger partial charge in [-0.3, -0.25) is 14.9 Å². The molecule has 6 heteroatoms. The summed E-state index contributed by atoms with van der Waals surface area (Å²) in [7, 11) is 4.30. The highest BCUT2D eigenvalue weighted by molar-refractivity contribution is 6.08. The van der Waals surface area contributed by atoms with Crippen LogP contribution in [0.5, 0.6) is 0 Å². The fourth-order valence-corrected chi connectivity index (χ4v) is 5.47. The first-order valence-corrected chi connectivity index (χ1v) is 11.7. The van der Waals surface area contributed by atoms with E-state index < -0.39 is 0 Å². The number of anilines is 1. The van der Waals surface area contributed by atoms with E-state index in [-0.39, 0.29) is 11.3 Å². The summed E-state index contributed by atoms with van der Waals surface area (Å²) in [5, 5.41) is 13.1. The second-order valence-corrected chi connectivity index (χ2v) is 9.77. The van der Waals surface area contributed by atoms with Gasteiger partial charge in [0.05, 0.1) is 34.0 Å². The van der Waals surface area contributed by atoms with Crippen molar-refractivity contribution in [1.29, 1.82) is 0 Å². The standard InChI is InChI=1S/C27H31N5O/c1-17(33)22-16-28-24-11-9-19(18-8-10-23-20(13-18)15-29-31-23)14-21(24)26(22)30-27(2)12-6-5-7-25(27)32(3)4/h8-11,13-16,25H,5-7,12H2,1-4H3,(H,28,30)(H,29,31). The Labute approximate surface area is 194 Å². The van der Waals surface area contributed by atoms with E-state index >= 15 is 0 Å². The predicted octanol–water partition coefficient (Wildman–Crippen LogP) is 5.66. The van der Waals surface area contributed by atoms with Gasteiger partial charge in [0.15, 0.2) is 5.78 Å². The molecule has 1 aliphatic rings. The Bertz CT molecular complexity index is 1340. The maximum atomic E-state index is 12.6. The number of hydrogen-bond acceptors (Lipinski definition) is 5. The Balaban J connectivity index is 1.66. The van der Waals surface area contributed by atoms with E-state index in [2.05, 4.69) is 76.7 Å². The van der Waals surface area contributed by atoms with Crippen LogP contribution in [0.3, 0.4) is 0 Å². The van der Waals surface area contributed by atoms with E-state index in [9.17, 15) is 4.79 Å². The molecule has 0 spiro atoms. The second kappa shape index (κ2) is 8.27. The number of pyridine rings is 1. The average molecular weight is 442 g/mol. The first-order chi connectivity index (χ1) is 15.9. The number of aromatic amines is 1. The number of Topliss-reactive ketones (excluding diaryl/α,β-unsaturated/α-hetero) is 1. The van der Waals surface area contributed by atoms with E-state index in [0.29, 0.717) is 11.6 Å². The fraction of sp³-hybridized carbons (Fsp3) is 0.370. The summed E-state index contributed by atoms with van der Waals surface area (Å²) in [6, 6.07) is 13.0. The van der Waals surface area contributed by atoms with E-state index in [0.717, 1.165) is 51.5 Å². The molecular weight excluding hydrogens is 410 g/mol. The molecule has 2 aromatic heterocycles. The summed E-state index contributed by atoms with van der Waals surface area (Å²) in [6.45, 7) is 3.92. The van der Waals surface area contributed by atoms with Gasteiger partial charge in [-0.2, -0.15) is 5.10 Å². The van der Waals surface area contributed by atoms with Crippen molar-refractivity contribution in [2.75, 3.05) is 19.4 Å². The molecule has 2 heterocycles. The van der Waals surface area contributed by atoms with Crippen molar-refractivity contribution in [2.24, 2.45) is 0 Å². The van der Waals surface area contributed by atoms with Gasteiger partial charge in [0, 0.05) is 23.0 Å². The number of hydrogen-bond donors (Lipinski definition) is 2. The summed E-state index contributed by atoms with van der Waals surface area (Å²) in [5.74, 6) is 0.0259. The lowest BCUT2D eigenvalue weighted by Crippen LogP contribution is -2.55. The van der Waals surface area contributed by atoms with E-state index in [1.165, 1.54) is 12.8 Å². The lowest BCUT2D eigenvalue weighted by molar-refractivity contribution is 0.101. The lowest BCUT2D eigenvalue weighted by atomic mass is 9.77. The molecule has 4 aromatic rings. The van der Waals surface area contributed by atoms with Gasteiger partial charge in [-0.1, -0.05) is 25.0 Å². The summed E-state index contributed by atoms with van der Waals surface area (Å²) < 4.78 is 0. The minimum absolute atomic E-state index is 0.0259. The van der Waals surface area contributed by atoms with Gasteiger partial charge in [-0.25, -0.2) is 0 Å². The van der Waals surface area contributed by atoms with Gasteiger partial charge < -0.3 is 10.2 Å². The highest BCUT2D eigenvalue weighted by Gasteiger charge is 2.38. The summed E-state index contributed by atoms with van der Waals surface area (Å²) >= 11 is 0. The average Bonchev–Trinajstić information content (AvgIpc) is 3.26. The van der Waals surface area contributed by atoms with Crippen LogP contribution in [0.4, 0.5) is 5.69 Å². The number of ketones is 1. The minimum atomic E-state index is -0.133. The third kappa shape index (κ3) is 3.89. The number of aromatic nitrogens is 3. The van der Waals surface area contributed by atoms with Crippen LogP contribution in [0.15, 0.2) is 48.8 Å². The molecule has 2 aromatic carbocycles. The van der Waals surface area contributed by atoms with Crippen LogP contribution in [-0.4, -0.2) is 51.5 Å². The molecular formula is C27H31N5O. The normalized spacial score (nSPS) is 21.1. The Morgan fingerprint density at radius 1 is 1.12 bits per heavy atom. The molecule has 1 saturated carbocycles. The molecule has 2 unspecified atom stereocenters. The Kier molecular flexibility index (Phi) is 5.41. The maximum absolute atomic E-state index is 12.6. The van der Waals surface area contributed by atoms with Crippen LogP contribution in [0, 0.1) is 0 Å². The summed E-state index contributed by atoms with van der Waals surface area (Å²) in [5.41, 5.74) is 5.52. The monoisotopic (exact) mass is 441 g/mol. The van der Waals surface area contributed by atoms with Crippen LogP contribution in [-0.2, 0) is 0 Å². The topological polar surface area (TPSA) is 73.9 Å². The number of fused-ring (bicyclic) bond motifs is 2. The van der Waals surface area contributed by atoms with Crippen LogP contribution in [0.2, 0.25) is 0 Å². The first-order valence-electron chi connectivity index (χ1n) is 11.7. The molecule has 1 fully saturated rings. The number of H-pyrrole nitrogens is 1. The third-order valence-electron chi connectivity index (χ3n) is 7.21. The molecule has 170 valence electrons. The summed E-state index contributed by atoms with van der Waals surface area (Å²) in [6.07, 6.45) is 8.19. The zero-order valence-corrected chi connectivity index (χ0v) is 19.8. The van der Waals surface area contributed by atoms with Gasteiger partial charge in [-0.05, 0) is 76.2 Å². The highest BCUT2D eigenvalue weighted by atomic mass is 16.1. The molecule has 0 amide bonds. The van der Waals surface area contributed by atoms with Gasteiger partial charge in [0.2, 0.25) is 0 Å². The molecule has 0 radical (unpaired) electrons. The number of carbonyl (C=O) groups is 1. The largest absolute Gasteiger partial charge is 0.377 e. The molecule has 6 nitrogen and oxygen atoms in total. The molecule has 2 atom stereocenters. The molecule has 1 aliphatic carbocycles. The molecule has 0 aliphatic heterocycles. The van der Waals surface area contributed by atoms with Crippen molar-refractivity contribution < 1.29 is 4.79 Å². The molecule has 0 saturated heterocycles. The minimum Gasteiger partial charge on any atom is -0.377 e. The van der Waals surface area contributed by atoms with Crippen LogP contribution >= 0.6 is 0 Å². The number of nitrogens with one attached hydrogen (secondary N) is 2. The lowest BCUT2D eigenvalue weighted by Gasteiger charge is -2.46. The van der Waals surface area contributed by atoms with Crippen LogP contribution < -0.4 is 5.32 Å². The Morgan fingerprint density at radius 2 is 1.91 bits per heavy atom. The van der Waals surface area contributed by atoms with Gasteiger partial charge in [0.25, 0.3) is 0 Å². The maximum Gasteiger partial charge on any atom is 0.163 e. The smallest absolute Gasteiger partial charge is 0.163 e. The number of benzene rings is 2. The number of rotatable bonds is 5. The van der Waals surface area contributed by atoms with Crippen LogP contribution in [0.1, 0.15) is 49.9 Å². The Hall–Kier alpha value is -3.25. The molecule has 5 rings (SSSR count). The van der Waals surface area contributed by atoms with Crippen molar-refractivity contribution in [2.45, 2.75) is 51.1 Å². The van der Waals surface area contributed by atoms with E-state index in [1.54, 1.807) is 13.1 Å². The quantitative estimate of drug-likeness (QED) is 0.391. The fourth-order valence-electron chi connectivity index (χ4n) is 5.47. The molecule has 2 N–H and O–H groups in total. The van der Waals surface area contributed by atoms with Gasteiger partial charge in [-0.15, -0.1) is 0 Å². The van der Waals surface area contributed by atoms with Crippen molar-refractivity contribution in [3.05, 3.63) is 54.4 Å². The zero-order chi connectivity index (χ0) is 23.2. The van der Waals surface area contributed by atoms with E-state index in [4.69, 9.17) is 0 Å². The van der Waals surface area contributed by atoms with Crippen molar-refractivity contribution in [3.63, 3.8) is 0 Å². The second-order valence-electron chi connectivity index (χ2n) is 9.77. The van der Waals surface area contributed by atoms with Crippen molar-refractivity contribution in [1.82, 2.24) is 20.1 Å². The molecule has 0 bridgehead atoms. The predicted molar refractivity (Wildman–Crippen MR) is 135 cm³/mol. The van der Waals surface area contributed by atoms with E-state index in [1.807, 2.05) is 12.3 Å². The zero-order valence-electron chi connectivity index (χ0n) is 19.8. The first kappa shape index (κ1) is 21.6. The van der Waals surface area contributed by atoms with Gasteiger partial charge in [0.1, 0.15) is 0 Å². The highest BCUT2D eigenvalue weighted by Crippen LogP contribution is 2.38. The van der Waals surface area contributed by atoms with Gasteiger partial charge >= 0.3 is 0 Å². The summed E-state index contributed by atoms with van der Waals surface area (Å²) in [4.78, 5) is 19.6. The SMILES string of the molecule is CC(=O)c1cnc2ccc(-c3ccc4[nH]ncc4c3)cc2c1NC1(C)CCCCC1N(C)C.